The number of ether oxygens (including phenoxy) is 2. The predicted octanol–water partition coefficient (Wildman–Crippen LogP) is 5.85. The summed E-state index contributed by atoms with van der Waals surface area (Å²) in [5.41, 5.74) is 0.630. The molecule has 0 unspecified atom stereocenters. The Balaban J connectivity index is 1.90. The van der Waals surface area contributed by atoms with E-state index in [0.717, 1.165) is 30.6 Å². The highest BCUT2D eigenvalue weighted by Crippen LogP contribution is 2.27. The zero-order valence-corrected chi connectivity index (χ0v) is 12.2. The Morgan fingerprint density at radius 1 is 0.720 bits per heavy atom. The maximum absolute atomic E-state index is 12.0. The number of hydrogen-bond acceptors (Lipinski definition) is 3. The van der Waals surface area contributed by atoms with Crippen molar-refractivity contribution in [3.8, 4) is 11.5 Å². The summed E-state index contributed by atoms with van der Waals surface area (Å²) in [6.45, 7) is 0. The van der Waals surface area contributed by atoms with Crippen LogP contribution in [0.25, 0.3) is 5.32 Å². The molecule has 25 heavy (non-hydrogen) atoms. The van der Waals surface area contributed by atoms with Crippen molar-refractivity contribution in [2.75, 3.05) is 0 Å². The van der Waals surface area contributed by atoms with Crippen LogP contribution in [0.2, 0.25) is 0 Å². The summed E-state index contributed by atoms with van der Waals surface area (Å²) < 4.78 is 79.5. The molecule has 0 amide bonds. The average molecular weight is 363 g/mol. The SMILES string of the molecule is FC(F)(F)Oc1ccc(N=C[N-]c2ccc(OC(F)(F)F)cc2)cc1. The van der Waals surface area contributed by atoms with E-state index >= 15 is 0 Å². The third-order valence-electron chi connectivity index (χ3n) is 2.55. The highest BCUT2D eigenvalue weighted by molar-refractivity contribution is 5.84. The van der Waals surface area contributed by atoms with Crippen LogP contribution in [0.4, 0.5) is 37.7 Å². The number of hydrogen-bond donors (Lipinski definition) is 0. The number of aliphatic imine (C=N–C) groups is 1. The predicted molar refractivity (Wildman–Crippen MR) is 77.4 cm³/mol. The molecule has 0 aliphatic rings. The highest BCUT2D eigenvalue weighted by Gasteiger charge is 2.31. The van der Waals surface area contributed by atoms with Crippen LogP contribution in [0.15, 0.2) is 53.5 Å². The molecule has 0 aromatic heterocycles. The molecule has 10 heteroatoms. The van der Waals surface area contributed by atoms with Gasteiger partial charge in [0.05, 0.1) is 0 Å². The Hall–Kier alpha value is -2.91. The minimum Gasteiger partial charge on any atom is -0.443 e. The summed E-state index contributed by atoms with van der Waals surface area (Å²) >= 11 is 0. The number of rotatable bonds is 5. The van der Waals surface area contributed by atoms with E-state index in [0.29, 0.717) is 11.4 Å². The van der Waals surface area contributed by atoms with Crippen molar-refractivity contribution in [3.63, 3.8) is 0 Å². The fraction of sp³-hybridized carbons (Fsp3) is 0.133. The molecule has 0 N–H and O–H groups in total. The lowest BCUT2D eigenvalue weighted by atomic mass is 10.3. The zero-order valence-electron chi connectivity index (χ0n) is 12.2. The molecule has 4 nitrogen and oxygen atoms in total. The molecule has 0 saturated heterocycles. The van der Waals surface area contributed by atoms with Gasteiger partial charge in [-0.1, -0.05) is 30.6 Å². The molecular weight excluding hydrogens is 354 g/mol. The van der Waals surface area contributed by atoms with Crippen molar-refractivity contribution >= 4 is 17.7 Å². The van der Waals surface area contributed by atoms with Crippen LogP contribution in [0.1, 0.15) is 0 Å². The smallest absolute Gasteiger partial charge is 0.443 e. The Morgan fingerprint density at radius 3 is 1.60 bits per heavy atom. The largest absolute Gasteiger partial charge is 0.573 e. The molecular formula is C15H9F6N2O2-. The molecule has 0 saturated carbocycles. The molecule has 0 heterocycles. The van der Waals surface area contributed by atoms with Gasteiger partial charge >= 0.3 is 12.7 Å². The Morgan fingerprint density at radius 2 is 1.16 bits per heavy atom. The standard InChI is InChI=1S/C15H9F6N2O2/c16-14(17,18)24-12-5-1-10(2-6-12)22-9-23-11-3-7-13(8-4-11)25-15(19,20)21/h1-9H/q-1. The van der Waals surface area contributed by atoms with Gasteiger partial charge in [-0.15, -0.1) is 26.3 Å². The molecule has 0 fully saturated rings. The van der Waals surface area contributed by atoms with E-state index in [1.165, 1.54) is 24.3 Å². The van der Waals surface area contributed by atoms with Crippen LogP contribution in [-0.4, -0.2) is 19.1 Å². The van der Waals surface area contributed by atoms with Gasteiger partial charge < -0.3 is 19.8 Å². The van der Waals surface area contributed by atoms with Gasteiger partial charge in [-0.25, -0.2) is 0 Å². The molecule has 0 bridgehead atoms. The molecule has 0 radical (unpaired) electrons. The van der Waals surface area contributed by atoms with Crippen molar-refractivity contribution in [2.45, 2.75) is 12.7 Å². The van der Waals surface area contributed by atoms with E-state index in [9.17, 15) is 26.3 Å². The van der Waals surface area contributed by atoms with Crippen LogP contribution < -0.4 is 9.47 Å². The average Bonchev–Trinajstić information content (AvgIpc) is 2.48. The van der Waals surface area contributed by atoms with Gasteiger partial charge in [0.25, 0.3) is 0 Å². The molecule has 0 atom stereocenters. The van der Waals surface area contributed by atoms with Gasteiger partial charge in [0.2, 0.25) is 0 Å². The monoisotopic (exact) mass is 363 g/mol. The van der Waals surface area contributed by atoms with Gasteiger partial charge in [-0.2, -0.15) is 0 Å². The fourth-order valence-electron chi connectivity index (χ4n) is 1.63. The third kappa shape index (κ3) is 7.02. The summed E-state index contributed by atoms with van der Waals surface area (Å²) in [4.78, 5) is 3.88. The quantitative estimate of drug-likeness (QED) is 0.380. The molecule has 2 aromatic carbocycles. The van der Waals surface area contributed by atoms with Crippen molar-refractivity contribution in [1.82, 2.24) is 0 Å². The summed E-state index contributed by atoms with van der Waals surface area (Å²) in [5.74, 6) is -0.771. The van der Waals surface area contributed by atoms with Crippen molar-refractivity contribution in [3.05, 3.63) is 53.8 Å². The van der Waals surface area contributed by atoms with Gasteiger partial charge in [0, 0.05) is 0 Å². The van der Waals surface area contributed by atoms with Crippen molar-refractivity contribution in [1.29, 1.82) is 0 Å². The van der Waals surface area contributed by atoms with E-state index in [-0.39, 0.29) is 11.5 Å². The molecule has 0 spiro atoms. The molecule has 0 aliphatic heterocycles. The number of benzene rings is 2. The normalized spacial score (nSPS) is 12.2. The second-order valence-electron chi connectivity index (χ2n) is 4.46. The van der Waals surface area contributed by atoms with Crippen LogP contribution in [0, 0.1) is 0 Å². The summed E-state index contributed by atoms with van der Waals surface area (Å²) in [6.07, 6.45) is -8.44. The maximum Gasteiger partial charge on any atom is 0.573 e. The van der Waals surface area contributed by atoms with Crippen LogP contribution in [-0.2, 0) is 0 Å². The topological polar surface area (TPSA) is 44.9 Å². The summed E-state index contributed by atoms with van der Waals surface area (Å²) in [6, 6.07) is 9.49. The highest BCUT2D eigenvalue weighted by atomic mass is 19.4. The first kappa shape index (κ1) is 18.4. The third-order valence-corrected chi connectivity index (χ3v) is 2.55. The fourth-order valence-corrected chi connectivity index (χ4v) is 1.63. The minimum atomic E-state index is -4.78. The first-order chi connectivity index (χ1) is 11.6. The number of halogens is 6. The van der Waals surface area contributed by atoms with Crippen LogP contribution in [0.3, 0.4) is 0 Å². The number of nitrogens with zero attached hydrogens (tertiary/aromatic N) is 2. The van der Waals surface area contributed by atoms with Gasteiger partial charge in [0.15, 0.2) is 0 Å². The lowest BCUT2D eigenvalue weighted by molar-refractivity contribution is -0.275. The lowest BCUT2D eigenvalue weighted by Gasteiger charge is -2.12. The number of alkyl halides is 6. The maximum atomic E-state index is 12.0. The van der Waals surface area contributed by atoms with Crippen LogP contribution >= 0.6 is 0 Å². The minimum absolute atomic E-state index is 0.315. The van der Waals surface area contributed by atoms with E-state index in [4.69, 9.17) is 0 Å². The van der Waals surface area contributed by atoms with Crippen molar-refractivity contribution < 1.29 is 35.8 Å². The molecule has 2 rings (SSSR count). The van der Waals surface area contributed by atoms with E-state index in [1.807, 2.05) is 0 Å². The molecule has 0 aliphatic carbocycles. The van der Waals surface area contributed by atoms with E-state index in [1.54, 1.807) is 0 Å². The lowest BCUT2D eigenvalue weighted by Crippen LogP contribution is -2.16. The van der Waals surface area contributed by atoms with E-state index in [2.05, 4.69) is 19.8 Å². The first-order valence-corrected chi connectivity index (χ1v) is 6.56. The molecule has 2 aromatic rings. The first-order valence-electron chi connectivity index (χ1n) is 6.56. The molecule has 134 valence electrons. The Kier molecular flexibility index (Phi) is 5.40. The van der Waals surface area contributed by atoms with Gasteiger partial charge in [-0.05, 0) is 35.6 Å². The Bertz CT molecular complexity index is 709. The zero-order chi connectivity index (χ0) is 18.5. The second-order valence-corrected chi connectivity index (χ2v) is 4.46. The summed E-state index contributed by atoms with van der Waals surface area (Å²) in [5, 5.41) is 3.88. The van der Waals surface area contributed by atoms with Gasteiger partial charge in [-0.3, -0.25) is 0 Å². The van der Waals surface area contributed by atoms with E-state index < -0.39 is 12.7 Å². The summed E-state index contributed by atoms with van der Waals surface area (Å²) in [7, 11) is 0. The van der Waals surface area contributed by atoms with Gasteiger partial charge in [0.1, 0.15) is 11.5 Å². The Labute approximate surface area is 137 Å². The van der Waals surface area contributed by atoms with Crippen LogP contribution in [0.5, 0.6) is 11.5 Å². The van der Waals surface area contributed by atoms with Crippen molar-refractivity contribution in [2.24, 2.45) is 4.99 Å². The second kappa shape index (κ2) is 7.32.